The van der Waals surface area contributed by atoms with Gasteiger partial charge in [0.05, 0.1) is 32.4 Å². The van der Waals surface area contributed by atoms with Crippen molar-refractivity contribution in [1.82, 2.24) is 0 Å². The van der Waals surface area contributed by atoms with Crippen LogP contribution in [0.5, 0.6) is 0 Å². The molecule has 0 atom stereocenters. The van der Waals surface area contributed by atoms with E-state index >= 15 is 0 Å². The number of hydrogen-bond acceptors (Lipinski definition) is 5. The zero-order valence-electron chi connectivity index (χ0n) is 13.8. The standard InChI is InChI=1S/C18H13ClFN3O2S/c1-26(24,25)16-5-4-15(17(19)14(16)10-22)23-6-2-3-11-7-13(20)8-12(9-21)18(11)23/h4-5,7-8H,2-3,6H2,1H3. The van der Waals surface area contributed by atoms with Crippen LogP contribution in [0.2, 0.25) is 5.02 Å². The third-order valence-electron chi connectivity index (χ3n) is 4.26. The van der Waals surface area contributed by atoms with Crippen molar-refractivity contribution in [2.75, 3.05) is 17.7 Å². The molecule has 0 radical (unpaired) electrons. The first-order chi connectivity index (χ1) is 12.3. The Balaban J connectivity index is 2.26. The van der Waals surface area contributed by atoms with Gasteiger partial charge in [0.1, 0.15) is 18.0 Å². The van der Waals surface area contributed by atoms with Crippen molar-refractivity contribution in [2.45, 2.75) is 17.7 Å². The summed E-state index contributed by atoms with van der Waals surface area (Å²) in [6, 6.07) is 9.22. The molecule has 2 aromatic rings. The SMILES string of the molecule is CS(=O)(=O)c1ccc(N2CCCc3cc(F)cc(C#N)c32)c(Cl)c1C#N. The molecule has 5 nitrogen and oxygen atoms in total. The Bertz CT molecular complexity index is 1100. The van der Waals surface area contributed by atoms with Crippen LogP contribution < -0.4 is 4.90 Å². The molecule has 2 aromatic carbocycles. The van der Waals surface area contributed by atoms with Crippen molar-refractivity contribution < 1.29 is 12.8 Å². The van der Waals surface area contributed by atoms with Crippen LogP contribution in [-0.4, -0.2) is 21.2 Å². The van der Waals surface area contributed by atoms with Crippen LogP contribution in [0, 0.1) is 28.5 Å². The summed E-state index contributed by atoms with van der Waals surface area (Å²) in [7, 11) is -3.62. The predicted octanol–water partition coefficient (Wildman–Crippen LogP) is 3.71. The second kappa shape index (κ2) is 6.60. The van der Waals surface area contributed by atoms with E-state index in [1.165, 1.54) is 18.2 Å². The molecule has 3 rings (SSSR count). The van der Waals surface area contributed by atoms with Crippen molar-refractivity contribution >= 4 is 32.8 Å². The van der Waals surface area contributed by atoms with Crippen molar-refractivity contribution in [2.24, 2.45) is 0 Å². The van der Waals surface area contributed by atoms with Crippen LogP contribution in [-0.2, 0) is 16.3 Å². The molecule has 0 unspecified atom stereocenters. The third kappa shape index (κ3) is 3.01. The summed E-state index contributed by atoms with van der Waals surface area (Å²) in [6.07, 6.45) is 2.32. The number of rotatable bonds is 2. The van der Waals surface area contributed by atoms with Crippen molar-refractivity contribution in [3.63, 3.8) is 0 Å². The second-order valence-corrected chi connectivity index (χ2v) is 8.35. The number of nitriles is 2. The van der Waals surface area contributed by atoms with Gasteiger partial charge in [0.2, 0.25) is 0 Å². The number of anilines is 2. The van der Waals surface area contributed by atoms with E-state index in [0.717, 1.165) is 12.3 Å². The highest BCUT2D eigenvalue weighted by molar-refractivity contribution is 7.90. The summed E-state index contributed by atoms with van der Waals surface area (Å²) in [6.45, 7) is 0.510. The molecule has 1 aliphatic rings. The van der Waals surface area contributed by atoms with Crippen LogP contribution in [0.1, 0.15) is 23.1 Å². The lowest BCUT2D eigenvalue weighted by molar-refractivity contribution is 0.601. The smallest absolute Gasteiger partial charge is 0.176 e. The molecule has 1 aliphatic heterocycles. The van der Waals surface area contributed by atoms with Crippen molar-refractivity contribution in [3.05, 3.63) is 51.8 Å². The highest BCUT2D eigenvalue weighted by atomic mass is 35.5. The fourth-order valence-corrected chi connectivity index (χ4v) is 4.40. The molecule has 0 aliphatic carbocycles. The van der Waals surface area contributed by atoms with E-state index in [1.807, 2.05) is 12.1 Å². The number of nitrogens with zero attached hydrogens (tertiary/aromatic N) is 3. The van der Waals surface area contributed by atoms with Gasteiger partial charge in [0.25, 0.3) is 0 Å². The van der Waals surface area contributed by atoms with Gasteiger partial charge in [-0.2, -0.15) is 10.5 Å². The maximum Gasteiger partial charge on any atom is 0.176 e. The number of fused-ring (bicyclic) bond motifs is 1. The van der Waals surface area contributed by atoms with E-state index < -0.39 is 15.7 Å². The van der Waals surface area contributed by atoms with Crippen LogP contribution in [0.4, 0.5) is 15.8 Å². The lowest BCUT2D eigenvalue weighted by atomic mass is 9.97. The van der Waals surface area contributed by atoms with Gasteiger partial charge < -0.3 is 4.90 Å². The molecule has 0 bridgehead atoms. The Morgan fingerprint density at radius 2 is 1.96 bits per heavy atom. The lowest BCUT2D eigenvalue weighted by Gasteiger charge is -2.33. The quantitative estimate of drug-likeness (QED) is 0.781. The molecular weight excluding hydrogens is 377 g/mol. The zero-order chi connectivity index (χ0) is 19.1. The minimum Gasteiger partial charge on any atom is -0.339 e. The van der Waals surface area contributed by atoms with Gasteiger partial charge in [-0.1, -0.05) is 11.6 Å². The molecule has 0 saturated carbocycles. The summed E-state index contributed by atoms with van der Waals surface area (Å²) in [4.78, 5) is 1.59. The predicted molar refractivity (Wildman–Crippen MR) is 95.7 cm³/mol. The fraction of sp³-hybridized carbons (Fsp3) is 0.222. The molecule has 0 spiro atoms. The maximum atomic E-state index is 13.7. The molecule has 0 amide bonds. The molecule has 0 N–H and O–H groups in total. The molecule has 8 heteroatoms. The number of hydrogen-bond donors (Lipinski definition) is 0. The Morgan fingerprint density at radius 1 is 1.23 bits per heavy atom. The molecule has 0 aromatic heterocycles. The number of halogens is 2. The monoisotopic (exact) mass is 389 g/mol. The van der Waals surface area contributed by atoms with E-state index in [9.17, 15) is 23.3 Å². The normalized spacial score (nSPS) is 13.7. The highest BCUT2D eigenvalue weighted by Crippen LogP contribution is 2.42. The summed E-state index contributed by atoms with van der Waals surface area (Å²) < 4.78 is 37.5. The molecule has 26 heavy (non-hydrogen) atoms. The first-order valence-electron chi connectivity index (χ1n) is 7.70. The molecule has 0 fully saturated rings. The molecule has 1 heterocycles. The van der Waals surface area contributed by atoms with Gasteiger partial charge in [0, 0.05) is 12.8 Å². The fourth-order valence-electron chi connectivity index (χ4n) is 3.20. The molecule has 0 saturated heterocycles. The molecule has 132 valence electrons. The second-order valence-electron chi connectivity index (χ2n) is 5.98. The van der Waals surface area contributed by atoms with E-state index in [0.29, 0.717) is 36.3 Å². The van der Waals surface area contributed by atoms with Gasteiger partial charge in [0.15, 0.2) is 9.84 Å². The van der Waals surface area contributed by atoms with Crippen molar-refractivity contribution in [1.29, 1.82) is 10.5 Å². The Kier molecular flexibility index (Phi) is 4.62. The van der Waals surface area contributed by atoms with Crippen LogP contribution in [0.25, 0.3) is 0 Å². The van der Waals surface area contributed by atoms with Gasteiger partial charge in [-0.25, -0.2) is 12.8 Å². The number of sulfone groups is 1. The topological polar surface area (TPSA) is 85.0 Å². The Labute approximate surface area is 155 Å². The Morgan fingerprint density at radius 3 is 2.58 bits per heavy atom. The van der Waals surface area contributed by atoms with Crippen LogP contribution in [0.3, 0.4) is 0 Å². The first kappa shape index (κ1) is 18.2. The van der Waals surface area contributed by atoms with Gasteiger partial charge in [-0.05, 0) is 42.7 Å². The zero-order valence-corrected chi connectivity index (χ0v) is 15.3. The largest absolute Gasteiger partial charge is 0.339 e. The van der Waals surface area contributed by atoms with Crippen LogP contribution >= 0.6 is 11.6 Å². The van der Waals surface area contributed by atoms with Gasteiger partial charge >= 0.3 is 0 Å². The van der Waals surface area contributed by atoms with E-state index in [1.54, 1.807) is 4.90 Å². The summed E-state index contributed by atoms with van der Waals surface area (Å²) in [5.41, 5.74) is 1.66. The highest BCUT2D eigenvalue weighted by Gasteiger charge is 2.27. The van der Waals surface area contributed by atoms with E-state index in [4.69, 9.17) is 11.6 Å². The molecular formula is C18H13ClFN3O2S. The average molecular weight is 390 g/mol. The van der Waals surface area contributed by atoms with Gasteiger partial charge in [-0.3, -0.25) is 0 Å². The summed E-state index contributed by atoms with van der Waals surface area (Å²) in [5.74, 6) is -0.488. The maximum absolute atomic E-state index is 13.7. The third-order valence-corrected chi connectivity index (χ3v) is 5.78. The number of aryl methyl sites for hydroxylation is 1. The Hall–Kier alpha value is -2.61. The minimum atomic E-state index is -3.62. The van der Waals surface area contributed by atoms with E-state index in [2.05, 4.69) is 0 Å². The summed E-state index contributed by atoms with van der Waals surface area (Å²) in [5, 5.41) is 18.8. The number of benzene rings is 2. The first-order valence-corrected chi connectivity index (χ1v) is 9.97. The average Bonchev–Trinajstić information content (AvgIpc) is 2.59. The van der Waals surface area contributed by atoms with E-state index in [-0.39, 0.29) is 21.0 Å². The lowest BCUT2D eigenvalue weighted by Crippen LogP contribution is -2.26. The van der Waals surface area contributed by atoms with Crippen molar-refractivity contribution in [3.8, 4) is 12.1 Å². The summed E-state index contributed by atoms with van der Waals surface area (Å²) >= 11 is 6.36. The van der Waals surface area contributed by atoms with Crippen LogP contribution in [0.15, 0.2) is 29.2 Å². The minimum absolute atomic E-state index is 0.00325. The van der Waals surface area contributed by atoms with Gasteiger partial charge in [-0.15, -0.1) is 0 Å².